The number of benzene rings is 1. The van der Waals surface area contributed by atoms with Crippen molar-refractivity contribution in [2.45, 2.75) is 6.61 Å². The summed E-state index contributed by atoms with van der Waals surface area (Å²) in [6, 6.07) is 11.1. The number of carbonyl (C=O) groups is 1. The number of carbonyl (C=O) groups excluding carboxylic acids is 1. The summed E-state index contributed by atoms with van der Waals surface area (Å²) in [6.07, 6.45) is 0. The molecule has 0 fully saturated rings. The fourth-order valence-corrected chi connectivity index (χ4v) is 2.18. The second-order valence-electron chi connectivity index (χ2n) is 3.60. The van der Waals surface area contributed by atoms with Crippen LogP contribution in [0.5, 0.6) is 0 Å². The molecule has 0 bridgehead atoms. The average Bonchev–Trinajstić information content (AvgIpc) is 2.87. The third-order valence-corrected chi connectivity index (χ3v) is 3.30. The van der Waals surface area contributed by atoms with E-state index in [1.165, 1.54) is 0 Å². The predicted molar refractivity (Wildman–Crippen MR) is 74.1 cm³/mol. The zero-order valence-electron chi connectivity index (χ0n) is 9.56. The molecule has 5 heteroatoms. The molecule has 0 atom stereocenters. The van der Waals surface area contributed by atoms with Crippen molar-refractivity contribution in [1.29, 1.82) is 0 Å². The van der Waals surface area contributed by atoms with Gasteiger partial charge in [-0.2, -0.15) is 0 Å². The van der Waals surface area contributed by atoms with Crippen LogP contribution in [-0.2, 0) is 16.1 Å². The standard InChI is InChI=1S/C13H12ClNO2S/c14-10-3-1-4-11(7-10)15-8-13(16)17-9-12-5-2-6-18-12/h1-7,15H,8-9H2. The lowest BCUT2D eigenvalue weighted by Crippen LogP contribution is -2.16. The van der Waals surface area contributed by atoms with E-state index in [4.69, 9.17) is 16.3 Å². The fraction of sp³-hybridized carbons (Fsp3) is 0.154. The molecular weight excluding hydrogens is 270 g/mol. The van der Waals surface area contributed by atoms with Gasteiger partial charge in [0, 0.05) is 15.6 Å². The molecule has 3 nitrogen and oxygen atoms in total. The topological polar surface area (TPSA) is 38.3 Å². The summed E-state index contributed by atoms with van der Waals surface area (Å²) in [5, 5.41) is 5.54. The van der Waals surface area contributed by atoms with Gasteiger partial charge in [-0.25, -0.2) is 0 Å². The van der Waals surface area contributed by atoms with Crippen LogP contribution in [0.1, 0.15) is 4.88 Å². The summed E-state index contributed by atoms with van der Waals surface area (Å²) in [4.78, 5) is 12.5. The summed E-state index contributed by atoms with van der Waals surface area (Å²) in [5.74, 6) is -0.289. The second kappa shape index (κ2) is 6.42. The molecule has 0 aliphatic rings. The van der Waals surface area contributed by atoms with Crippen molar-refractivity contribution in [2.75, 3.05) is 11.9 Å². The highest BCUT2D eigenvalue weighted by atomic mass is 35.5. The number of rotatable bonds is 5. The van der Waals surface area contributed by atoms with E-state index in [9.17, 15) is 4.79 Å². The third kappa shape index (κ3) is 4.05. The molecule has 0 radical (unpaired) electrons. The molecule has 2 rings (SSSR count). The van der Waals surface area contributed by atoms with Gasteiger partial charge < -0.3 is 10.1 Å². The second-order valence-corrected chi connectivity index (χ2v) is 5.07. The van der Waals surface area contributed by atoms with Crippen LogP contribution in [0, 0.1) is 0 Å². The summed E-state index contributed by atoms with van der Waals surface area (Å²) in [5.41, 5.74) is 0.801. The first-order valence-corrected chi connectivity index (χ1v) is 6.67. The molecule has 0 aliphatic carbocycles. The van der Waals surface area contributed by atoms with E-state index in [1.807, 2.05) is 29.6 Å². The van der Waals surface area contributed by atoms with Crippen molar-refractivity contribution >= 4 is 34.6 Å². The van der Waals surface area contributed by atoms with E-state index in [1.54, 1.807) is 23.5 Å². The molecule has 0 aliphatic heterocycles. The number of anilines is 1. The Morgan fingerprint density at radius 2 is 2.22 bits per heavy atom. The van der Waals surface area contributed by atoms with Gasteiger partial charge in [0.1, 0.15) is 13.2 Å². The Kier molecular flexibility index (Phi) is 4.61. The highest BCUT2D eigenvalue weighted by molar-refractivity contribution is 7.09. The smallest absolute Gasteiger partial charge is 0.325 e. The summed E-state index contributed by atoms with van der Waals surface area (Å²) in [6.45, 7) is 0.458. The molecule has 0 saturated carbocycles. The minimum atomic E-state index is -0.289. The van der Waals surface area contributed by atoms with Crippen molar-refractivity contribution in [3.05, 3.63) is 51.7 Å². The van der Waals surface area contributed by atoms with Crippen LogP contribution < -0.4 is 5.32 Å². The Balaban J connectivity index is 1.75. The maximum Gasteiger partial charge on any atom is 0.325 e. The molecule has 2 aromatic rings. The quantitative estimate of drug-likeness (QED) is 0.852. The molecule has 0 unspecified atom stereocenters. The monoisotopic (exact) mass is 281 g/mol. The fourth-order valence-electron chi connectivity index (χ4n) is 1.37. The molecule has 1 aromatic carbocycles. The van der Waals surface area contributed by atoms with Gasteiger partial charge in [0.25, 0.3) is 0 Å². The lowest BCUT2D eigenvalue weighted by molar-refractivity contribution is -0.142. The Hall–Kier alpha value is -1.52. The number of hydrogen-bond acceptors (Lipinski definition) is 4. The lowest BCUT2D eigenvalue weighted by atomic mass is 10.3. The number of halogens is 1. The predicted octanol–water partition coefficient (Wildman–Crippen LogP) is 3.56. The number of thiophene rings is 1. The van der Waals surface area contributed by atoms with Gasteiger partial charge in [0.05, 0.1) is 0 Å². The maximum atomic E-state index is 11.5. The number of ether oxygens (including phenoxy) is 1. The molecule has 94 valence electrons. The highest BCUT2D eigenvalue weighted by Gasteiger charge is 2.04. The van der Waals surface area contributed by atoms with Crippen molar-refractivity contribution < 1.29 is 9.53 Å². The lowest BCUT2D eigenvalue weighted by Gasteiger charge is -2.06. The van der Waals surface area contributed by atoms with Crippen LogP contribution >= 0.6 is 22.9 Å². The average molecular weight is 282 g/mol. The molecule has 18 heavy (non-hydrogen) atoms. The summed E-state index contributed by atoms with van der Waals surface area (Å²) in [7, 11) is 0. The first-order valence-electron chi connectivity index (χ1n) is 5.41. The largest absolute Gasteiger partial charge is 0.459 e. The van der Waals surface area contributed by atoms with Crippen molar-refractivity contribution in [3.8, 4) is 0 Å². The Morgan fingerprint density at radius 1 is 1.33 bits per heavy atom. The molecule has 0 amide bonds. The molecule has 1 aromatic heterocycles. The van der Waals surface area contributed by atoms with Gasteiger partial charge in [0.15, 0.2) is 0 Å². The molecule has 0 saturated heterocycles. The van der Waals surface area contributed by atoms with Gasteiger partial charge in [-0.15, -0.1) is 11.3 Å². The molecular formula is C13H12ClNO2S. The Bertz CT molecular complexity index is 513. The maximum absolute atomic E-state index is 11.5. The van der Waals surface area contributed by atoms with Gasteiger partial charge in [0.2, 0.25) is 0 Å². The zero-order valence-corrected chi connectivity index (χ0v) is 11.1. The van der Waals surface area contributed by atoms with E-state index < -0.39 is 0 Å². The van der Waals surface area contributed by atoms with Crippen LogP contribution in [0.15, 0.2) is 41.8 Å². The van der Waals surface area contributed by atoms with E-state index in [0.29, 0.717) is 11.6 Å². The van der Waals surface area contributed by atoms with Crippen LogP contribution in [0.4, 0.5) is 5.69 Å². The van der Waals surface area contributed by atoms with Crippen LogP contribution in [-0.4, -0.2) is 12.5 Å². The normalized spacial score (nSPS) is 10.1. The Morgan fingerprint density at radius 3 is 2.94 bits per heavy atom. The van der Waals surface area contributed by atoms with E-state index in [-0.39, 0.29) is 12.5 Å². The minimum Gasteiger partial charge on any atom is -0.459 e. The SMILES string of the molecule is O=C(CNc1cccc(Cl)c1)OCc1cccs1. The van der Waals surface area contributed by atoms with E-state index in [0.717, 1.165) is 10.6 Å². The minimum absolute atomic E-state index is 0.131. The summed E-state index contributed by atoms with van der Waals surface area (Å²) < 4.78 is 5.11. The number of nitrogens with one attached hydrogen (secondary N) is 1. The molecule has 1 heterocycles. The first-order chi connectivity index (χ1) is 8.74. The third-order valence-electron chi connectivity index (χ3n) is 2.22. The van der Waals surface area contributed by atoms with E-state index >= 15 is 0 Å². The van der Waals surface area contributed by atoms with Crippen LogP contribution in [0.2, 0.25) is 5.02 Å². The van der Waals surface area contributed by atoms with Gasteiger partial charge in [-0.1, -0.05) is 23.7 Å². The molecule has 1 N–H and O–H groups in total. The van der Waals surface area contributed by atoms with E-state index in [2.05, 4.69) is 5.32 Å². The van der Waals surface area contributed by atoms with Gasteiger partial charge in [-0.05, 0) is 29.6 Å². The molecule has 0 spiro atoms. The van der Waals surface area contributed by atoms with Gasteiger partial charge in [-0.3, -0.25) is 4.79 Å². The van der Waals surface area contributed by atoms with Gasteiger partial charge >= 0.3 is 5.97 Å². The summed E-state index contributed by atoms with van der Waals surface area (Å²) >= 11 is 7.40. The Labute approximate surface area is 114 Å². The van der Waals surface area contributed by atoms with Crippen LogP contribution in [0.25, 0.3) is 0 Å². The first kappa shape index (κ1) is 12.9. The van der Waals surface area contributed by atoms with Crippen molar-refractivity contribution in [3.63, 3.8) is 0 Å². The number of hydrogen-bond donors (Lipinski definition) is 1. The van der Waals surface area contributed by atoms with Crippen molar-refractivity contribution in [2.24, 2.45) is 0 Å². The van der Waals surface area contributed by atoms with Crippen LogP contribution in [0.3, 0.4) is 0 Å². The number of esters is 1. The highest BCUT2D eigenvalue weighted by Crippen LogP contribution is 2.14. The zero-order chi connectivity index (χ0) is 12.8. The van der Waals surface area contributed by atoms with Crippen molar-refractivity contribution in [1.82, 2.24) is 0 Å².